The second kappa shape index (κ2) is 11.6. The summed E-state index contributed by atoms with van der Waals surface area (Å²) in [5, 5.41) is 4.30. The molecule has 0 aliphatic carbocycles. The first kappa shape index (κ1) is 25.1. The van der Waals surface area contributed by atoms with Crippen molar-refractivity contribution >= 4 is 16.8 Å². The van der Waals surface area contributed by atoms with Gasteiger partial charge in [-0.1, -0.05) is 36.4 Å². The number of likely N-dealkylation sites (N-methyl/N-ethyl adjacent to an activating group) is 1. The van der Waals surface area contributed by atoms with Crippen LogP contribution in [-0.4, -0.2) is 57.3 Å². The first-order valence-corrected chi connectivity index (χ1v) is 11.9. The Morgan fingerprint density at radius 3 is 2.39 bits per heavy atom. The van der Waals surface area contributed by atoms with Crippen LogP contribution in [0.5, 0.6) is 17.2 Å². The lowest BCUT2D eigenvalue weighted by Crippen LogP contribution is -2.37. The van der Waals surface area contributed by atoms with E-state index >= 15 is 0 Å². The second-order valence-electron chi connectivity index (χ2n) is 8.77. The number of aromatic amines is 1. The maximum absolute atomic E-state index is 12.9. The number of amides is 1. The highest BCUT2D eigenvalue weighted by Gasteiger charge is 2.20. The fourth-order valence-corrected chi connectivity index (χ4v) is 4.47. The summed E-state index contributed by atoms with van der Waals surface area (Å²) in [6, 6.07) is 21.9. The zero-order valence-corrected chi connectivity index (χ0v) is 21.2. The second-order valence-corrected chi connectivity index (χ2v) is 8.77. The zero-order chi connectivity index (χ0) is 25.5. The molecule has 1 heterocycles. The summed E-state index contributed by atoms with van der Waals surface area (Å²) in [5.74, 6) is 2.22. The number of fused-ring (bicyclic) bond motifs is 1. The molecular formula is C29H33N3O4. The van der Waals surface area contributed by atoms with E-state index in [4.69, 9.17) is 14.2 Å². The third kappa shape index (κ3) is 5.80. The molecule has 7 nitrogen and oxygen atoms in total. The van der Waals surface area contributed by atoms with E-state index in [1.165, 1.54) is 0 Å². The van der Waals surface area contributed by atoms with Crippen molar-refractivity contribution in [1.82, 2.24) is 15.2 Å². The molecule has 4 aromatic rings. The Labute approximate surface area is 212 Å². The highest BCUT2D eigenvalue weighted by atomic mass is 16.5. The van der Waals surface area contributed by atoms with Crippen LogP contribution >= 0.6 is 0 Å². The molecule has 0 saturated carbocycles. The molecule has 0 spiro atoms. The van der Waals surface area contributed by atoms with Gasteiger partial charge in [0.2, 0.25) is 5.91 Å². The molecule has 0 saturated heterocycles. The average Bonchev–Trinajstić information content (AvgIpc) is 3.33. The molecular weight excluding hydrogens is 454 g/mol. The number of para-hydroxylation sites is 1. The SMILES string of the molecule is COc1ccc(C(CNC(=O)CN(C)Cc2ccc(OC)cc2OC)c2c[nH]c3ccccc23)cc1. The molecule has 0 aliphatic rings. The van der Waals surface area contributed by atoms with Crippen molar-refractivity contribution in [2.24, 2.45) is 0 Å². The van der Waals surface area contributed by atoms with Gasteiger partial charge in [-0.25, -0.2) is 0 Å². The van der Waals surface area contributed by atoms with E-state index in [2.05, 4.69) is 34.6 Å². The maximum Gasteiger partial charge on any atom is 0.234 e. The van der Waals surface area contributed by atoms with Crippen LogP contribution < -0.4 is 19.5 Å². The largest absolute Gasteiger partial charge is 0.497 e. The average molecular weight is 488 g/mol. The number of methoxy groups -OCH3 is 3. The molecule has 0 fully saturated rings. The summed E-state index contributed by atoms with van der Waals surface area (Å²) in [6.07, 6.45) is 2.04. The molecule has 4 rings (SSSR count). The molecule has 2 N–H and O–H groups in total. The maximum atomic E-state index is 12.9. The number of nitrogens with zero attached hydrogens (tertiary/aromatic N) is 1. The van der Waals surface area contributed by atoms with E-state index < -0.39 is 0 Å². The first-order valence-electron chi connectivity index (χ1n) is 11.9. The Hall–Kier alpha value is -3.97. The van der Waals surface area contributed by atoms with E-state index in [1.54, 1.807) is 21.3 Å². The van der Waals surface area contributed by atoms with E-state index in [0.29, 0.717) is 13.1 Å². The Morgan fingerprint density at radius 2 is 1.67 bits per heavy atom. The predicted octanol–water partition coefficient (Wildman–Crippen LogP) is 4.57. The van der Waals surface area contributed by atoms with Crippen LogP contribution in [0.25, 0.3) is 10.9 Å². The van der Waals surface area contributed by atoms with Crippen LogP contribution in [0, 0.1) is 0 Å². The molecule has 0 bridgehead atoms. The lowest BCUT2D eigenvalue weighted by molar-refractivity contribution is -0.122. The number of nitrogens with one attached hydrogen (secondary N) is 2. The van der Waals surface area contributed by atoms with Crippen LogP contribution in [0.3, 0.4) is 0 Å². The van der Waals surface area contributed by atoms with E-state index in [-0.39, 0.29) is 18.4 Å². The highest BCUT2D eigenvalue weighted by Crippen LogP contribution is 2.31. The van der Waals surface area contributed by atoms with Gasteiger partial charge in [0.1, 0.15) is 17.2 Å². The van der Waals surface area contributed by atoms with E-state index in [0.717, 1.165) is 44.8 Å². The van der Waals surface area contributed by atoms with Crippen molar-refractivity contribution in [3.05, 3.63) is 89.6 Å². The van der Waals surface area contributed by atoms with Crippen molar-refractivity contribution in [2.75, 3.05) is 41.5 Å². The summed E-state index contributed by atoms with van der Waals surface area (Å²) in [7, 11) is 6.84. The zero-order valence-electron chi connectivity index (χ0n) is 21.2. The van der Waals surface area contributed by atoms with Crippen LogP contribution in [0.4, 0.5) is 0 Å². The molecule has 1 atom stereocenters. The number of ether oxygens (including phenoxy) is 3. The molecule has 7 heteroatoms. The number of aromatic nitrogens is 1. The van der Waals surface area contributed by atoms with Crippen molar-refractivity contribution in [1.29, 1.82) is 0 Å². The summed E-state index contributed by atoms with van der Waals surface area (Å²) in [4.78, 5) is 18.3. The van der Waals surface area contributed by atoms with Crippen LogP contribution in [0.2, 0.25) is 0 Å². The summed E-state index contributed by atoms with van der Waals surface area (Å²) < 4.78 is 16.1. The molecule has 0 radical (unpaired) electrons. The number of hydrogen-bond donors (Lipinski definition) is 2. The van der Waals surface area contributed by atoms with Crippen molar-refractivity contribution < 1.29 is 19.0 Å². The molecule has 1 amide bonds. The third-order valence-corrected chi connectivity index (χ3v) is 6.37. The van der Waals surface area contributed by atoms with Gasteiger partial charge in [0, 0.05) is 47.7 Å². The van der Waals surface area contributed by atoms with Gasteiger partial charge >= 0.3 is 0 Å². The van der Waals surface area contributed by atoms with Crippen LogP contribution in [0.15, 0.2) is 72.9 Å². The minimum Gasteiger partial charge on any atom is -0.497 e. The minimum absolute atomic E-state index is 0.0111. The summed E-state index contributed by atoms with van der Waals surface area (Å²) in [6.45, 7) is 1.32. The molecule has 188 valence electrons. The standard InChI is InChI=1S/C29H33N3O4/c1-32(18-21-11-14-23(35-3)15-28(21)36-4)19-29(33)31-16-25(20-9-12-22(34-2)13-10-20)26-17-30-27-8-6-5-7-24(26)27/h5-15,17,25,30H,16,18-19H2,1-4H3,(H,31,33). The Kier molecular flexibility index (Phi) is 8.13. The predicted molar refractivity (Wildman–Crippen MR) is 142 cm³/mol. The van der Waals surface area contributed by atoms with Crippen LogP contribution in [0.1, 0.15) is 22.6 Å². The molecule has 1 unspecified atom stereocenters. The van der Waals surface area contributed by atoms with Crippen molar-refractivity contribution in [3.63, 3.8) is 0 Å². The Morgan fingerprint density at radius 1 is 0.944 bits per heavy atom. The van der Waals surface area contributed by atoms with Gasteiger partial charge in [0.15, 0.2) is 0 Å². The van der Waals surface area contributed by atoms with E-state index in [9.17, 15) is 4.79 Å². The first-order chi connectivity index (χ1) is 17.5. The minimum atomic E-state index is -0.0386. The van der Waals surface area contributed by atoms with Gasteiger partial charge in [0.05, 0.1) is 27.9 Å². The number of H-pyrrole nitrogens is 1. The molecule has 0 aliphatic heterocycles. The van der Waals surface area contributed by atoms with Crippen molar-refractivity contribution in [3.8, 4) is 17.2 Å². The number of hydrogen-bond acceptors (Lipinski definition) is 5. The van der Waals surface area contributed by atoms with Gasteiger partial charge in [-0.15, -0.1) is 0 Å². The van der Waals surface area contributed by atoms with Gasteiger partial charge in [-0.05, 0) is 42.4 Å². The molecule has 3 aromatic carbocycles. The van der Waals surface area contributed by atoms with Gasteiger partial charge in [-0.2, -0.15) is 0 Å². The Balaban J connectivity index is 1.46. The lowest BCUT2D eigenvalue weighted by Gasteiger charge is -2.21. The van der Waals surface area contributed by atoms with Gasteiger partial charge in [-0.3, -0.25) is 9.69 Å². The summed E-state index contributed by atoms with van der Waals surface area (Å²) >= 11 is 0. The number of rotatable bonds is 11. The third-order valence-electron chi connectivity index (χ3n) is 6.37. The topological polar surface area (TPSA) is 75.8 Å². The summed E-state index contributed by atoms with van der Waals surface area (Å²) in [5.41, 5.74) is 4.32. The monoisotopic (exact) mass is 487 g/mol. The molecule has 36 heavy (non-hydrogen) atoms. The number of carbonyl (C=O) groups is 1. The quantitative estimate of drug-likeness (QED) is 0.324. The number of benzene rings is 3. The lowest BCUT2D eigenvalue weighted by atomic mass is 9.90. The normalized spacial score (nSPS) is 11.9. The number of carbonyl (C=O) groups excluding carboxylic acids is 1. The van der Waals surface area contributed by atoms with Gasteiger partial charge < -0.3 is 24.5 Å². The van der Waals surface area contributed by atoms with Crippen LogP contribution in [-0.2, 0) is 11.3 Å². The fourth-order valence-electron chi connectivity index (χ4n) is 4.47. The molecule has 1 aromatic heterocycles. The fraction of sp³-hybridized carbons (Fsp3) is 0.276. The Bertz CT molecular complexity index is 1300. The van der Waals surface area contributed by atoms with E-state index in [1.807, 2.05) is 60.6 Å². The van der Waals surface area contributed by atoms with Gasteiger partial charge in [0.25, 0.3) is 0 Å². The van der Waals surface area contributed by atoms with Crippen molar-refractivity contribution in [2.45, 2.75) is 12.5 Å². The smallest absolute Gasteiger partial charge is 0.234 e. The highest BCUT2D eigenvalue weighted by molar-refractivity contribution is 5.84.